The van der Waals surface area contributed by atoms with Crippen LogP contribution >= 0.6 is 0 Å². The van der Waals surface area contributed by atoms with Crippen molar-refractivity contribution in [2.45, 2.75) is 19.4 Å². The molecular weight excluding hydrogens is 305 g/mol. The summed E-state index contributed by atoms with van der Waals surface area (Å²) in [4.78, 5) is 14.2. The molecule has 1 aliphatic heterocycles. The maximum absolute atomic E-state index is 13.2. The topological polar surface area (TPSA) is 29.5 Å². The van der Waals surface area contributed by atoms with Gasteiger partial charge in [-0.25, -0.2) is 4.39 Å². The maximum atomic E-state index is 13.2. The molecule has 1 fully saturated rings. The van der Waals surface area contributed by atoms with Gasteiger partial charge in [0.25, 0.3) is 5.91 Å². The normalized spacial score (nSPS) is 15.5. The average Bonchev–Trinajstić information content (AvgIpc) is 2.63. The number of benzene rings is 2. The van der Waals surface area contributed by atoms with Crippen LogP contribution in [0.3, 0.4) is 0 Å². The zero-order valence-electron chi connectivity index (χ0n) is 13.7. The number of carbonyl (C=O) groups is 1. The van der Waals surface area contributed by atoms with Crippen molar-refractivity contribution in [1.82, 2.24) is 4.90 Å². The first kappa shape index (κ1) is 16.7. The average molecular weight is 327 g/mol. The molecule has 2 aromatic carbocycles. The fraction of sp³-hybridized carbons (Fsp3) is 0.350. The third-order valence-corrected chi connectivity index (χ3v) is 4.44. The van der Waals surface area contributed by atoms with Gasteiger partial charge in [-0.05, 0) is 42.5 Å². The zero-order valence-corrected chi connectivity index (χ0v) is 13.7. The van der Waals surface area contributed by atoms with Crippen molar-refractivity contribution in [2.75, 3.05) is 19.7 Å². The van der Waals surface area contributed by atoms with Crippen LogP contribution in [-0.4, -0.2) is 30.5 Å². The van der Waals surface area contributed by atoms with Gasteiger partial charge in [-0.15, -0.1) is 0 Å². The highest BCUT2D eigenvalue weighted by molar-refractivity contribution is 5.94. The van der Waals surface area contributed by atoms with Gasteiger partial charge in [0, 0.05) is 25.3 Å². The summed E-state index contributed by atoms with van der Waals surface area (Å²) in [5, 5.41) is 0. The second-order valence-corrected chi connectivity index (χ2v) is 6.25. The second kappa shape index (κ2) is 8.06. The number of rotatable bonds is 5. The summed E-state index contributed by atoms with van der Waals surface area (Å²) in [5.74, 6) is 0.0217. The summed E-state index contributed by atoms with van der Waals surface area (Å²) in [7, 11) is 0. The molecule has 4 heteroatoms. The standard InChI is InChI=1S/C20H22FNO2/c21-19-8-4-7-18(13-19)20(23)22-11-9-17(10-12-22)15-24-14-16-5-2-1-3-6-16/h1-8,13,17H,9-12,14-15H2. The van der Waals surface area contributed by atoms with E-state index in [9.17, 15) is 9.18 Å². The molecule has 1 amide bonds. The van der Waals surface area contributed by atoms with E-state index in [0.29, 0.717) is 31.2 Å². The van der Waals surface area contributed by atoms with E-state index in [-0.39, 0.29) is 11.7 Å². The largest absolute Gasteiger partial charge is 0.376 e. The summed E-state index contributed by atoms with van der Waals surface area (Å²) in [6.45, 7) is 2.75. The zero-order chi connectivity index (χ0) is 16.8. The van der Waals surface area contributed by atoms with Crippen molar-refractivity contribution in [3.8, 4) is 0 Å². The molecule has 24 heavy (non-hydrogen) atoms. The molecule has 0 aliphatic carbocycles. The molecule has 0 saturated carbocycles. The number of amides is 1. The van der Waals surface area contributed by atoms with E-state index in [1.165, 1.54) is 17.7 Å². The Labute approximate surface area is 142 Å². The van der Waals surface area contributed by atoms with E-state index in [2.05, 4.69) is 12.1 Å². The Kier molecular flexibility index (Phi) is 5.59. The van der Waals surface area contributed by atoms with E-state index in [1.807, 2.05) is 23.1 Å². The molecule has 126 valence electrons. The summed E-state index contributed by atoms with van der Waals surface area (Å²) in [6, 6.07) is 16.0. The van der Waals surface area contributed by atoms with E-state index in [4.69, 9.17) is 4.74 Å². The molecule has 1 saturated heterocycles. The van der Waals surface area contributed by atoms with Gasteiger partial charge in [0.2, 0.25) is 0 Å². The summed E-state index contributed by atoms with van der Waals surface area (Å²) < 4.78 is 19.1. The quantitative estimate of drug-likeness (QED) is 0.834. The predicted octanol–water partition coefficient (Wildman–Crippen LogP) is 3.89. The molecule has 1 aliphatic rings. The Balaban J connectivity index is 1.43. The molecule has 3 rings (SSSR count). The lowest BCUT2D eigenvalue weighted by atomic mass is 9.97. The fourth-order valence-electron chi connectivity index (χ4n) is 3.02. The number of carbonyl (C=O) groups excluding carboxylic acids is 1. The molecule has 0 aromatic heterocycles. The molecule has 0 spiro atoms. The third kappa shape index (κ3) is 4.42. The van der Waals surface area contributed by atoms with Crippen LogP contribution in [0.4, 0.5) is 4.39 Å². The Hall–Kier alpha value is -2.20. The Morgan fingerprint density at radius 3 is 2.54 bits per heavy atom. The minimum atomic E-state index is -0.370. The number of piperidine rings is 1. The lowest BCUT2D eigenvalue weighted by Crippen LogP contribution is -2.39. The molecule has 0 bridgehead atoms. The predicted molar refractivity (Wildman–Crippen MR) is 91.1 cm³/mol. The van der Waals surface area contributed by atoms with Crippen LogP contribution in [0.5, 0.6) is 0 Å². The Morgan fingerprint density at radius 2 is 1.83 bits per heavy atom. The van der Waals surface area contributed by atoms with Crippen molar-refractivity contribution in [3.05, 3.63) is 71.5 Å². The first-order valence-corrected chi connectivity index (χ1v) is 8.39. The monoisotopic (exact) mass is 327 g/mol. The third-order valence-electron chi connectivity index (χ3n) is 4.44. The minimum Gasteiger partial charge on any atom is -0.376 e. The lowest BCUT2D eigenvalue weighted by Gasteiger charge is -2.32. The lowest BCUT2D eigenvalue weighted by molar-refractivity contribution is 0.0478. The van der Waals surface area contributed by atoms with Gasteiger partial charge >= 0.3 is 0 Å². The van der Waals surface area contributed by atoms with E-state index in [0.717, 1.165) is 19.4 Å². The second-order valence-electron chi connectivity index (χ2n) is 6.25. The molecule has 1 heterocycles. The summed E-state index contributed by atoms with van der Waals surface area (Å²) in [5.41, 5.74) is 1.60. The SMILES string of the molecule is O=C(c1cccc(F)c1)N1CCC(COCc2ccccc2)CC1. The Morgan fingerprint density at radius 1 is 1.08 bits per heavy atom. The molecule has 3 nitrogen and oxygen atoms in total. The number of likely N-dealkylation sites (tertiary alicyclic amines) is 1. The van der Waals surface area contributed by atoms with Crippen molar-refractivity contribution < 1.29 is 13.9 Å². The number of ether oxygens (including phenoxy) is 1. The van der Waals surface area contributed by atoms with Gasteiger partial charge in [-0.3, -0.25) is 4.79 Å². The Bertz CT molecular complexity index is 666. The van der Waals surface area contributed by atoms with Crippen molar-refractivity contribution in [2.24, 2.45) is 5.92 Å². The number of nitrogens with zero attached hydrogens (tertiary/aromatic N) is 1. The molecule has 0 N–H and O–H groups in total. The van der Waals surface area contributed by atoms with Crippen LogP contribution in [0.15, 0.2) is 54.6 Å². The molecule has 2 aromatic rings. The van der Waals surface area contributed by atoms with Gasteiger partial charge in [0.05, 0.1) is 6.61 Å². The molecule has 0 radical (unpaired) electrons. The van der Waals surface area contributed by atoms with Crippen molar-refractivity contribution in [3.63, 3.8) is 0 Å². The summed E-state index contributed by atoms with van der Waals surface area (Å²) in [6.07, 6.45) is 1.85. The highest BCUT2D eigenvalue weighted by Crippen LogP contribution is 2.20. The van der Waals surface area contributed by atoms with Gasteiger partial charge in [-0.1, -0.05) is 36.4 Å². The van der Waals surface area contributed by atoms with E-state index >= 15 is 0 Å². The van der Waals surface area contributed by atoms with Gasteiger partial charge in [0.15, 0.2) is 0 Å². The van der Waals surface area contributed by atoms with Crippen molar-refractivity contribution in [1.29, 1.82) is 0 Å². The first-order chi connectivity index (χ1) is 11.7. The highest BCUT2D eigenvalue weighted by atomic mass is 19.1. The van der Waals surface area contributed by atoms with Crippen LogP contribution in [0.2, 0.25) is 0 Å². The number of hydrogen-bond donors (Lipinski definition) is 0. The molecule has 0 unspecified atom stereocenters. The van der Waals surface area contributed by atoms with Gasteiger partial charge < -0.3 is 9.64 Å². The van der Waals surface area contributed by atoms with Crippen molar-refractivity contribution >= 4 is 5.91 Å². The fourth-order valence-corrected chi connectivity index (χ4v) is 3.02. The number of hydrogen-bond acceptors (Lipinski definition) is 2. The molecular formula is C20H22FNO2. The van der Waals surface area contributed by atoms with E-state index in [1.54, 1.807) is 12.1 Å². The maximum Gasteiger partial charge on any atom is 0.253 e. The van der Waals surface area contributed by atoms with Crippen LogP contribution < -0.4 is 0 Å². The summed E-state index contributed by atoms with van der Waals surface area (Å²) >= 11 is 0. The van der Waals surface area contributed by atoms with Crippen LogP contribution in [0.25, 0.3) is 0 Å². The van der Waals surface area contributed by atoms with Gasteiger partial charge in [-0.2, -0.15) is 0 Å². The van der Waals surface area contributed by atoms with Crippen LogP contribution in [-0.2, 0) is 11.3 Å². The number of halogens is 1. The molecule has 0 atom stereocenters. The minimum absolute atomic E-state index is 0.0850. The first-order valence-electron chi connectivity index (χ1n) is 8.39. The van der Waals surface area contributed by atoms with Crippen LogP contribution in [0.1, 0.15) is 28.8 Å². The highest BCUT2D eigenvalue weighted by Gasteiger charge is 2.23. The van der Waals surface area contributed by atoms with E-state index < -0.39 is 0 Å². The smallest absolute Gasteiger partial charge is 0.253 e. The van der Waals surface area contributed by atoms with Crippen LogP contribution in [0, 0.1) is 11.7 Å². The van der Waals surface area contributed by atoms with Gasteiger partial charge in [0.1, 0.15) is 5.82 Å².